The number of piperazine rings is 1. The molecule has 0 atom stereocenters. The SMILES string of the molecule is CCNCc1cccc(F)c1N1CCN(CCO)CC1. The van der Waals surface area contributed by atoms with Gasteiger partial charge in [-0.3, -0.25) is 4.90 Å². The lowest BCUT2D eigenvalue weighted by atomic mass is 10.1. The van der Waals surface area contributed by atoms with Crippen LogP contribution in [0.1, 0.15) is 12.5 Å². The predicted molar refractivity (Wildman–Crippen MR) is 79.5 cm³/mol. The van der Waals surface area contributed by atoms with E-state index in [1.54, 1.807) is 6.07 Å². The Kier molecular flexibility index (Phi) is 5.76. The van der Waals surface area contributed by atoms with Gasteiger partial charge >= 0.3 is 0 Å². The molecule has 0 radical (unpaired) electrons. The Morgan fingerprint density at radius 2 is 2.00 bits per heavy atom. The Morgan fingerprint density at radius 1 is 1.25 bits per heavy atom. The van der Waals surface area contributed by atoms with Crippen LogP contribution in [0.2, 0.25) is 0 Å². The molecular formula is C15H24FN3O. The highest BCUT2D eigenvalue weighted by molar-refractivity contribution is 5.55. The molecule has 0 saturated carbocycles. The van der Waals surface area contributed by atoms with E-state index in [4.69, 9.17) is 5.11 Å². The van der Waals surface area contributed by atoms with Crippen molar-refractivity contribution in [3.05, 3.63) is 29.6 Å². The van der Waals surface area contributed by atoms with Gasteiger partial charge in [-0.15, -0.1) is 0 Å². The zero-order chi connectivity index (χ0) is 14.4. The number of nitrogens with one attached hydrogen (secondary N) is 1. The van der Waals surface area contributed by atoms with Gasteiger partial charge in [0.15, 0.2) is 0 Å². The van der Waals surface area contributed by atoms with Crippen LogP contribution in [0.15, 0.2) is 18.2 Å². The largest absolute Gasteiger partial charge is 0.395 e. The average Bonchev–Trinajstić information content (AvgIpc) is 2.47. The van der Waals surface area contributed by atoms with Gasteiger partial charge in [0.05, 0.1) is 12.3 Å². The minimum Gasteiger partial charge on any atom is -0.395 e. The highest BCUT2D eigenvalue weighted by Gasteiger charge is 2.21. The zero-order valence-electron chi connectivity index (χ0n) is 12.1. The van der Waals surface area contributed by atoms with Gasteiger partial charge in [-0.25, -0.2) is 4.39 Å². The fourth-order valence-electron chi connectivity index (χ4n) is 2.65. The van der Waals surface area contributed by atoms with E-state index in [0.29, 0.717) is 13.1 Å². The third kappa shape index (κ3) is 3.69. The second-order valence-electron chi connectivity index (χ2n) is 5.08. The van der Waals surface area contributed by atoms with E-state index < -0.39 is 0 Å². The van der Waals surface area contributed by atoms with Gasteiger partial charge in [0, 0.05) is 39.3 Å². The molecule has 1 heterocycles. The van der Waals surface area contributed by atoms with Crippen molar-refractivity contribution in [2.75, 3.05) is 50.8 Å². The molecule has 0 bridgehead atoms. The smallest absolute Gasteiger partial charge is 0.146 e. The summed E-state index contributed by atoms with van der Waals surface area (Å²) in [6, 6.07) is 5.29. The number of hydrogen-bond acceptors (Lipinski definition) is 4. The highest BCUT2D eigenvalue weighted by atomic mass is 19.1. The second-order valence-corrected chi connectivity index (χ2v) is 5.08. The van der Waals surface area contributed by atoms with Crippen molar-refractivity contribution in [1.82, 2.24) is 10.2 Å². The number of nitrogens with zero attached hydrogens (tertiary/aromatic N) is 2. The molecular weight excluding hydrogens is 257 g/mol. The molecule has 1 saturated heterocycles. The predicted octanol–water partition coefficient (Wildman–Crippen LogP) is 1.05. The third-order valence-electron chi connectivity index (χ3n) is 3.74. The highest BCUT2D eigenvalue weighted by Crippen LogP contribution is 2.25. The van der Waals surface area contributed by atoms with Crippen molar-refractivity contribution in [3.63, 3.8) is 0 Å². The van der Waals surface area contributed by atoms with E-state index >= 15 is 0 Å². The number of aliphatic hydroxyl groups excluding tert-OH is 1. The first-order chi connectivity index (χ1) is 9.76. The van der Waals surface area contributed by atoms with Crippen LogP contribution in [0.3, 0.4) is 0 Å². The first kappa shape index (κ1) is 15.2. The molecule has 1 aliphatic heterocycles. The fourth-order valence-corrected chi connectivity index (χ4v) is 2.65. The number of rotatable bonds is 6. The first-order valence-electron chi connectivity index (χ1n) is 7.32. The summed E-state index contributed by atoms with van der Waals surface area (Å²) in [7, 11) is 0. The van der Waals surface area contributed by atoms with Crippen molar-refractivity contribution in [1.29, 1.82) is 0 Å². The minimum absolute atomic E-state index is 0.143. The van der Waals surface area contributed by atoms with Crippen molar-refractivity contribution in [3.8, 4) is 0 Å². The van der Waals surface area contributed by atoms with E-state index in [1.807, 2.05) is 13.0 Å². The Balaban J connectivity index is 2.08. The van der Waals surface area contributed by atoms with E-state index in [0.717, 1.165) is 44.0 Å². The van der Waals surface area contributed by atoms with E-state index in [2.05, 4.69) is 15.1 Å². The maximum atomic E-state index is 14.2. The molecule has 5 heteroatoms. The molecule has 20 heavy (non-hydrogen) atoms. The van der Waals surface area contributed by atoms with Gasteiger partial charge in [-0.05, 0) is 18.2 Å². The number of benzene rings is 1. The lowest BCUT2D eigenvalue weighted by molar-refractivity contribution is 0.188. The maximum Gasteiger partial charge on any atom is 0.146 e. The summed E-state index contributed by atoms with van der Waals surface area (Å²) in [5, 5.41) is 12.2. The summed E-state index contributed by atoms with van der Waals surface area (Å²) >= 11 is 0. The number of β-amino-alcohol motifs (C(OH)–C–C–N with tert-alkyl or cyclic N) is 1. The van der Waals surface area contributed by atoms with Crippen molar-refractivity contribution in [2.24, 2.45) is 0 Å². The Labute approximate surface area is 120 Å². The molecule has 1 aliphatic rings. The molecule has 112 valence electrons. The van der Waals surface area contributed by atoms with Crippen LogP contribution in [0.25, 0.3) is 0 Å². The van der Waals surface area contributed by atoms with Gasteiger partial charge in [0.25, 0.3) is 0 Å². The molecule has 1 aromatic carbocycles. The van der Waals surface area contributed by atoms with Crippen LogP contribution in [0.5, 0.6) is 0 Å². The Morgan fingerprint density at radius 3 is 2.65 bits per heavy atom. The molecule has 0 aromatic heterocycles. The quantitative estimate of drug-likeness (QED) is 0.817. The molecule has 0 amide bonds. The standard InChI is InChI=1S/C15H24FN3O/c1-2-17-12-13-4-3-5-14(16)15(13)19-8-6-18(7-9-19)10-11-20/h3-5,17,20H,2,6-12H2,1H3. The van der Waals surface area contributed by atoms with Crippen molar-refractivity contribution < 1.29 is 9.50 Å². The van der Waals surface area contributed by atoms with Crippen LogP contribution in [-0.2, 0) is 6.54 Å². The normalized spacial score (nSPS) is 16.6. The lowest BCUT2D eigenvalue weighted by Crippen LogP contribution is -2.47. The van der Waals surface area contributed by atoms with Gasteiger partial charge in [-0.1, -0.05) is 19.1 Å². The zero-order valence-corrected chi connectivity index (χ0v) is 12.1. The van der Waals surface area contributed by atoms with E-state index in [9.17, 15) is 4.39 Å². The molecule has 0 spiro atoms. The number of para-hydroxylation sites is 1. The van der Waals surface area contributed by atoms with Gasteiger partial charge < -0.3 is 15.3 Å². The molecule has 0 unspecified atom stereocenters. The Bertz CT molecular complexity index is 420. The average molecular weight is 281 g/mol. The minimum atomic E-state index is -0.143. The number of halogens is 1. The monoisotopic (exact) mass is 281 g/mol. The van der Waals surface area contributed by atoms with Crippen LogP contribution in [0, 0.1) is 5.82 Å². The summed E-state index contributed by atoms with van der Waals surface area (Å²) in [6.45, 7) is 7.86. The van der Waals surface area contributed by atoms with Gasteiger partial charge in [0.1, 0.15) is 5.82 Å². The summed E-state index contributed by atoms with van der Waals surface area (Å²) in [4.78, 5) is 4.33. The number of aliphatic hydroxyl groups is 1. The summed E-state index contributed by atoms with van der Waals surface area (Å²) in [5.74, 6) is -0.143. The van der Waals surface area contributed by atoms with Crippen LogP contribution >= 0.6 is 0 Å². The topological polar surface area (TPSA) is 38.7 Å². The van der Waals surface area contributed by atoms with Crippen molar-refractivity contribution in [2.45, 2.75) is 13.5 Å². The summed E-state index contributed by atoms with van der Waals surface area (Å²) in [5.41, 5.74) is 1.75. The molecule has 2 N–H and O–H groups in total. The van der Waals surface area contributed by atoms with E-state index in [1.165, 1.54) is 6.07 Å². The molecule has 4 nitrogen and oxygen atoms in total. The maximum absolute atomic E-state index is 14.2. The number of hydrogen-bond donors (Lipinski definition) is 2. The molecule has 2 rings (SSSR count). The van der Waals surface area contributed by atoms with Gasteiger partial charge in [-0.2, -0.15) is 0 Å². The summed E-state index contributed by atoms with van der Waals surface area (Å²) < 4.78 is 14.2. The molecule has 1 aromatic rings. The van der Waals surface area contributed by atoms with Crippen LogP contribution < -0.4 is 10.2 Å². The van der Waals surface area contributed by atoms with Crippen LogP contribution in [0.4, 0.5) is 10.1 Å². The number of anilines is 1. The summed E-state index contributed by atoms with van der Waals surface area (Å²) in [6.07, 6.45) is 0. The second kappa shape index (κ2) is 7.57. The van der Waals surface area contributed by atoms with Crippen LogP contribution in [-0.4, -0.2) is 55.9 Å². The lowest BCUT2D eigenvalue weighted by Gasteiger charge is -2.36. The third-order valence-corrected chi connectivity index (χ3v) is 3.74. The first-order valence-corrected chi connectivity index (χ1v) is 7.32. The molecule has 0 aliphatic carbocycles. The fraction of sp³-hybridized carbons (Fsp3) is 0.600. The van der Waals surface area contributed by atoms with Crippen molar-refractivity contribution >= 4 is 5.69 Å². The van der Waals surface area contributed by atoms with E-state index in [-0.39, 0.29) is 12.4 Å². The van der Waals surface area contributed by atoms with Gasteiger partial charge in [0.2, 0.25) is 0 Å². The Hall–Kier alpha value is -1.17. The molecule has 1 fully saturated rings.